The highest BCUT2D eigenvalue weighted by Gasteiger charge is 2.60. The first-order valence-corrected chi connectivity index (χ1v) is 8.49. The molecule has 144 valence electrons. The normalized spacial score (nSPS) is 15.2. The first-order chi connectivity index (χ1) is 11.0. The summed E-state index contributed by atoms with van der Waals surface area (Å²) < 4.78 is 70.9. The maximum atomic E-state index is 12.9. The van der Waals surface area contributed by atoms with Gasteiger partial charge < -0.3 is 9.42 Å². The minimum Gasteiger partial charge on any atom is -0.775 e. The molecule has 1 aromatic carbocycles. The maximum absolute atomic E-state index is 12.9. The third-order valence-corrected chi connectivity index (χ3v) is 4.03. The Balaban J connectivity index is 3.28. The van der Waals surface area contributed by atoms with Gasteiger partial charge in [0.1, 0.15) is 5.75 Å². The first-order valence-electron chi connectivity index (χ1n) is 7.39. The quantitative estimate of drug-likeness (QED) is 0.512. The number of hydrogen-bond donors (Lipinski definition) is 0. The van der Waals surface area contributed by atoms with Gasteiger partial charge in [-0.05, 0) is 10.8 Å². The predicted octanol–water partition coefficient (Wildman–Crippen LogP) is 5.42. The molecule has 0 aliphatic carbocycles. The van der Waals surface area contributed by atoms with Crippen molar-refractivity contribution in [2.45, 2.75) is 64.7 Å². The molecular weight excluding hydrogens is 366 g/mol. The largest absolute Gasteiger partial charge is 0.775 e. The van der Waals surface area contributed by atoms with Crippen molar-refractivity contribution in [1.82, 2.24) is 0 Å². The zero-order valence-corrected chi connectivity index (χ0v) is 15.7. The molecule has 0 saturated heterocycles. The van der Waals surface area contributed by atoms with Crippen LogP contribution >= 0.6 is 8.60 Å². The Hall–Kier alpha value is -0.980. The molecule has 0 N–H and O–H groups in total. The maximum Gasteiger partial charge on any atom is 0.483 e. The van der Waals surface area contributed by atoms with Crippen LogP contribution < -0.4 is 9.42 Å². The third-order valence-electron chi connectivity index (χ3n) is 3.32. The molecule has 0 aliphatic heterocycles. The zero-order valence-electron chi connectivity index (χ0n) is 14.8. The standard InChI is InChI=1S/C16H21F5O3P/c1-13(2,3)10-8-7-9-11(14(4,5)6)12(10)23-25(22)24-16(20,21)15(17,18)19/h7-9H,1-6H3/q-1. The Labute approximate surface area is 145 Å². The van der Waals surface area contributed by atoms with Gasteiger partial charge in [-0.1, -0.05) is 59.7 Å². The third kappa shape index (κ3) is 5.50. The van der Waals surface area contributed by atoms with E-state index in [2.05, 4.69) is 4.52 Å². The van der Waals surface area contributed by atoms with Crippen LogP contribution in [0.5, 0.6) is 5.75 Å². The number of rotatable bonds is 4. The molecule has 3 nitrogen and oxygen atoms in total. The molecule has 0 radical (unpaired) electrons. The van der Waals surface area contributed by atoms with E-state index in [1.54, 1.807) is 59.7 Å². The van der Waals surface area contributed by atoms with E-state index in [0.29, 0.717) is 11.1 Å². The van der Waals surface area contributed by atoms with Crippen molar-refractivity contribution in [3.05, 3.63) is 29.3 Å². The molecule has 0 fully saturated rings. The van der Waals surface area contributed by atoms with Gasteiger partial charge >= 0.3 is 12.3 Å². The molecule has 0 aromatic heterocycles. The van der Waals surface area contributed by atoms with Crippen molar-refractivity contribution in [3.63, 3.8) is 0 Å². The second kappa shape index (κ2) is 6.97. The number of halogens is 5. The fourth-order valence-corrected chi connectivity index (χ4v) is 2.73. The molecule has 0 bridgehead atoms. The van der Waals surface area contributed by atoms with Gasteiger partial charge in [-0.15, -0.1) is 0 Å². The lowest BCUT2D eigenvalue weighted by atomic mass is 9.80. The molecule has 0 saturated carbocycles. The highest BCUT2D eigenvalue weighted by Crippen LogP contribution is 2.49. The summed E-state index contributed by atoms with van der Waals surface area (Å²) in [4.78, 5) is 11.8. The highest BCUT2D eigenvalue weighted by atomic mass is 31.2. The molecular formula is C16H21F5O3P-. The van der Waals surface area contributed by atoms with E-state index in [4.69, 9.17) is 4.52 Å². The molecule has 1 atom stereocenters. The summed E-state index contributed by atoms with van der Waals surface area (Å²) in [6.45, 7) is 10.8. The monoisotopic (exact) mass is 387 g/mol. The first kappa shape index (κ1) is 22.1. The molecule has 1 rings (SSSR count). The van der Waals surface area contributed by atoms with Crippen molar-refractivity contribution in [2.75, 3.05) is 0 Å². The summed E-state index contributed by atoms with van der Waals surface area (Å²) in [5.74, 6) is -0.0124. The fourth-order valence-electron chi connectivity index (χ4n) is 2.06. The lowest BCUT2D eigenvalue weighted by Crippen LogP contribution is -2.39. The molecule has 9 heteroatoms. The molecule has 0 aliphatic rings. The Bertz CT molecular complexity index is 571. The van der Waals surface area contributed by atoms with E-state index in [0.717, 1.165) is 0 Å². The number of hydrogen-bond acceptors (Lipinski definition) is 3. The SMILES string of the molecule is CC(C)(C)c1cccc(C(C)(C)C)c1OP([O-])OC(F)(F)C(F)(F)F. The summed E-state index contributed by atoms with van der Waals surface area (Å²) in [7, 11) is -3.76. The van der Waals surface area contributed by atoms with E-state index in [1.165, 1.54) is 0 Å². The molecule has 0 spiro atoms. The van der Waals surface area contributed by atoms with Gasteiger partial charge in [-0.3, -0.25) is 4.52 Å². The van der Waals surface area contributed by atoms with Crippen LogP contribution in [0, 0.1) is 0 Å². The molecule has 0 heterocycles. The van der Waals surface area contributed by atoms with Gasteiger partial charge in [-0.2, -0.15) is 22.0 Å². The van der Waals surface area contributed by atoms with Gasteiger partial charge in [0, 0.05) is 11.1 Å². The zero-order chi connectivity index (χ0) is 19.8. The molecule has 1 unspecified atom stereocenters. The summed E-state index contributed by atoms with van der Waals surface area (Å²) >= 11 is 0. The molecule has 1 aromatic rings. The molecule has 0 amide bonds. The average Bonchev–Trinajstić information content (AvgIpc) is 2.33. The summed E-state index contributed by atoms with van der Waals surface area (Å²) in [5, 5.41) is 0. The van der Waals surface area contributed by atoms with Crippen LogP contribution in [0.4, 0.5) is 22.0 Å². The van der Waals surface area contributed by atoms with E-state index in [-0.39, 0.29) is 5.75 Å². The van der Waals surface area contributed by atoms with Gasteiger partial charge in [0.2, 0.25) is 0 Å². The van der Waals surface area contributed by atoms with E-state index in [1.807, 2.05) is 0 Å². The lowest BCUT2D eigenvalue weighted by Gasteiger charge is -2.34. The van der Waals surface area contributed by atoms with Gasteiger partial charge in [0.05, 0.1) is 0 Å². The number of alkyl halides is 5. The smallest absolute Gasteiger partial charge is 0.483 e. The van der Waals surface area contributed by atoms with Crippen LogP contribution in [0.3, 0.4) is 0 Å². The van der Waals surface area contributed by atoms with Crippen molar-refractivity contribution in [3.8, 4) is 5.75 Å². The molecule has 25 heavy (non-hydrogen) atoms. The van der Waals surface area contributed by atoms with Crippen molar-refractivity contribution in [1.29, 1.82) is 0 Å². The number of benzene rings is 1. The van der Waals surface area contributed by atoms with Crippen LogP contribution in [0.1, 0.15) is 52.7 Å². The van der Waals surface area contributed by atoms with Crippen LogP contribution in [-0.2, 0) is 15.4 Å². The van der Waals surface area contributed by atoms with Crippen molar-refractivity contribution < 1.29 is 35.9 Å². The minimum atomic E-state index is -5.99. The van der Waals surface area contributed by atoms with Crippen LogP contribution in [0.15, 0.2) is 18.2 Å². The van der Waals surface area contributed by atoms with E-state index < -0.39 is 31.7 Å². The second-order valence-corrected chi connectivity index (χ2v) is 8.42. The van der Waals surface area contributed by atoms with Crippen molar-refractivity contribution >= 4 is 8.60 Å². The second-order valence-electron chi connectivity index (χ2n) is 7.60. The minimum absolute atomic E-state index is 0.0124. The predicted molar refractivity (Wildman–Crippen MR) is 83.5 cm³/mol. The Morgan fingerprint density at radius 1 is 0.840 bits per heavy atom. The van der Waals surface area contributed by atoms with Gasteiger partial charge in [-0.25, -0.2) is 0 Å². The van der Waals surface area contributed by atoms with Gasteiger partial charge in [0.15, 0.2) is 8.60 Å². The van der Waals surface area contributed by atoms with Crippen LogP contribution in [0.2, 0.25) is 0 Å². The highest BCUT2D eigenvalue weighted by molar-refractivity contribution is 7.39. The number of para-hydroxylation sites is 1. The summed E-state index contributed by atoms with van der Waals surface area (Å²) in [5.41, 5.74) is -0.0251. The summed E-state index contributed by atoms with van der Waals surface area (Å²) in [6.07, 6.45) is -11.6. The fraction of sp³-hybridized carbons (Fsp3) is 0.625. The lowest BCUT2D eigenvalue weighted by molar-refractivity contribution is -0.374. The van der Waals surface area contributed by atoms with E-state index in [9.17, 15) is 26.8 Å². The van der Waals surface area contributed by atoms with Crippen molar-refractivity contribution in [2.24, 2.45) is 0 Å². The van der Waals surface area contributed by atoms with Gasteiger partial charge in [0.25, 0.3) is 0 Å². The Kier molecular flexibility index (Phi) is 6.15. The summed E-state index contributed by atoms with van der Waals surface area (Å²) in [6, 6.07) is 4.98. The average molecular weight is 387 g/mol. The Morgan fingerprint density at radius 3 is 1.56 bits per heavy atom. The topological polar surface area (TPSA) is 41.5 Å². The van der Waals surface area contributed by atoms with Crippen LogP contribution in [0.25, 0.3) is 0 Å². The Morgan fingerprint density at radius 2 is 1.24 bits per heavy atom. The van der Waals surface area contributed by atoms with Crippen LogP contribution in [-0.4, -0.2) is 12.3 Å². The van der Waals surface area contributed by atoms with E-state index >= 15 is 0 Å².